The third-order valence-electron chi connectivity index (χ3n) is 3.61. The van der Waals surface area contributed by atoms with Crippen molar-refractivity contribution < 1.29 is 14.1 Å². The molecule has 0 fully saturated rings. The Bertz CT molecular complexity index is 879. The number of halogens is 1. The summed E-state index contributed by atoms with van der Waals surface area (Å²) in [6, 6.07) is 9.16. The van der Waals surface area contributed by atoms with E-state index in [1.165, 1.54) is 11.3 Å². The summed E-state index contributed by atoms with van der Waals surface area (Å²) in [6.45, 7) is 0.161. The Labute approximate surface area is 146 Å². The van der Waals surface area contributed by atoms with Gasteiger partial charge in [-0.25, -0.2) is 0 Å². The van der Waals surface area contributed by atoms with Crippen LogP contribution in [0.15, 0.2) is 40.2 Å². The molecule has 0 bridgehead atoms. The van der Waals surface area contributed by atoms with Gasteiger partial charge in [0.15, 0.2) is 6.10 Å². The van der Waals surface area contributed by atoms with Crippen molar-refractivity contribution in [1.82, 2.24) is 15.5 Å². The summed E-state index contributed by atoms with van der Waals surface area (Å²) in [4.78, 5) is 17.4. The maximum Gasteiger partial charge on any atom is 0.261 e. The number of benzene rings is 1. The van der Waals surface area contributed by atoms with Crippen LogP contribution in [0.25, 0.3) is 10.7 Å². The number of ether oxygens (including phenoxy) is 1. The van der Waals surface area contributed by atoms with Crippen LogP contribution >= 0.6 is 22.9 Å². The lowest BCUT2D eigenvalue weighted by atomic mass is 10.1. The van der Waals surface area contributed by atoms with E-state index in [4.69, 9.17) is 20.9 Å². The minimum absolute atomic E-state index is 0.161. The molecule has 6 nitrogen and oxygen atoms in total. The van der Waals surface area contributed by atoms with Crippen molar-refractivity contribution in [2.75, 3.05) is 0 Å². The topological polar surface area (TPSA) is 77.3 Å². The number of hydrogen-bond acceptors (Lipinski definition) is 6. The number of aromatic nitrogens is 2. The number of hydrogen-bond donors (Lipinski definition) is 1. The van der Waals surface area contributed by atoms with Crippen molar-refractivity contribution >= 4 is 28.8 Å². The molecule has 0 aliphatic carbocycles. The minimum atomic E-state index is -0.571. The Kier molecular flexibility index (Phi) is 3.95. The molecule has 0 saturated heterocycles. The van der Waals surface area contributed by atoms with Crippen molar-refractivity contribution in [3.05, 3.63) is 52.2 Å². The lowest BCUT2D eigenvalue weighted by molar-refractivity contribution is -0.127. The third kappa shape index (κ3) is 3.00. The summed E-state index contributed by atoms with van der Waals surface area (Å²) in [5.41, 5.74) is 0.931. The van der Waals surface area contributed by atoms with Crippen LogP contribution in [0.2, 0.25) is 5.02 Å². The van der Waals surface area contributed by atoms with Gasteiger partial charge in [-0.05, 0) is 35.2 Å². The van der Waals surface area contributed by atoms with Crippen LogP contribution < -0.4 is 10.1 Å². The van der Waals surface area contributed by atoms with Crippen LogP contribution in [0, 0.1) is 0 Å². The van der Waals surface area contributed by atoms with Gasteiger partial charge >= 0.3 is 0 Å². The summed E-state index contributed by atoms with van der Waals surface area (Å²) in [5.74, 6) is 1.34. The fourth-order valence-electron chi connectivity index (χ4n) is 2.47. The molecule has 2 aromatic heterocycles. The van der Waals surface area contributed by atoms with Crippen molar-refractivity contribution in [3.8, 4) is 16.5 Å². The van der Waals surface area contributed by atoms with Crippen LogP contribution in [0.1, 0.15) is 11.5 Å². The molecule has 1 aliphatic rings. The van der Waals surface area contributed by atoms with E-state index in [1.807, 2.05) is 23.6 Å². The van der Waals surface area contributed by atoms with E-state index in [9.17, 15) is 4.79 Å². The molecule has 1 aromatic carbocycles. The lowest BCUT2D eigenvalue weighted by Gasteiger charge is -2.09. The molecule has 122 valence electrons. The molecular weight excluding hydrogens is 350 g/mol. The van der Waals surface area contributed by atoms with Gasteiger partial charge in [0.1, 0.15) is 5.75 Å². The quantitative estimate of drug-likeness (QED) is 0.772. The third-order valence-corrected chi connectivity index (χ3v) is 4.71. The van der Waals surface area contributed by atoms with Crippen molar-refractivity contribution in [1.29, 1.82) is 0 Å². The zero-order valence-electron chi connectivity index (χ0n) is 12.4. The Hall–Kier alpha value is -2.38. The van der Waals surface area contributed by atoms with Gasteiger partial charge in [-0.2, -0.15) is 4.98 Å². The Morgan fingerprint density at radius 3 is 3.17 bits per heavy atom. The largest absolute Gasteiger partial charge is 0.480 e. The van der Waals surface area contributed by atoms with Gasteiger partial charge in [-0.15, -0.1) is 11.3 Å². The number of nitrogens with one attached hydrogen (secondary N) is 1. The molecule has 1 atom stereocenters. The first-order chi connectivity index (χ1) is 11.7. The summed E-state index contributed by atoms with van der Waals surface area (Å²) in [7, 11) is 0. The number of carbonyl (C=O) groups excluding carboxylic acids is 1. The maximum atomic E-state index is 12.3. The molecule has 3 aromatic rings. The first-order valence-corrected chi connectivity index (χ1v) is 8.54. The number of thiophene rings is 1. The molecule has 1 amide bonds. The second-order valence-corrected chi connectivity index (χ2v) is 6.65. The van der Waals surface area contributed by atoms with Crippen molar-refractivity contribution in [2.24, 2.45) is 0 Å². The highest BCUT2D eigenvalue weighted by molar-refractivity contribution is 7.13. The van der Waals surface area contributed by atoms with E-state index >= 15 is 0 Å². The fraction of sp³-hybridized carbons (Fsp3) is 0.188. The second-order valence-electron chi connectivity index (χ2n) is 5.27. The molecule has 0 saturated carbocycles. The fourth-order valence-corrected chi connectivity index (χ4v) is 3.32. The van der Waals surface area contributed by atoms with Crippen LogP contribution in [-0.2, 0) is 17.8 Å². The Balaban J connectivity index is 1.36. The zero-order chi connectivity index (χ0) is 16.5. The van der Waals surface area contributed by atoms with Gasteiger partial charge in [0.25, 0.3) is 5.91 Å². The van der Waals surface area contributed by atoms with Crippen molar-refractivity contribution in [2.45, 2.75) is 19.1 Å². The number of nitrogens with zero attached hydrogens (tertiary/aromatic N) is 2. The van der Waals surface area contributed by atoms with Gasteiger partial charge in [-0.3, -0.25) is 4.79 Å². The molecule has 0 radical (unpaired) electrons. The van der Waals surface area contributed by atoms with Crippen LogP contribution in [-0.4, -0.2) is 22.2 Å². The highest BCUT2D eigenvalue weighted by Gasteiger charge is 2.29. The monoisotopic (exact) mass is 361 g/mol. The number of amides is 1. The number of rotatable bonds is 4. The van der Waals surface area contributed by atoms with E-state index in [0.717, 1.165) is 10.4 Å². The highest BCUT2D eigenvalue weighted by atomic mass is 35.5. The smallest absolute Gasteiger partial charge is 0.261 e. The number of carbonyl (C=O) groups is 1. The average molecular weight is 362 g/mol. The Morgan fingerprint density at radius 2 is 2.33 bits per heavy atom. The van der Waals surface area contributed by atoms with Gasteiger partial charge in [0.2, 0.25) is 11.7 Å². The summed E-state index contributed by atoms with van der Waals surface area (Å²) < 4.78 is 10.8. The first kappa shape index (κ1) is 15.2. The lowest BCUT2D eigenvalue weighted by Crippen LogP contribution is -2.37. The van der Waals surface area contributed by atoms with E-state index in [1.54, 1.807) is 12.1 Å². The van der Waals surface area contributed by atoms with E-state index < -0.39 is 6.10 Å². The highest BCUT2D eigenvalue weighted by Crippen LogP contribution is 2.31. The standard InChI is InChI=1S/C16H12ClN3O3S/c17-10-3-4-11-9(6-10)7-12(22-11)16(21)18-8-14-19-15(20-23-14)13-2-1-5-24-13/h1-6,12H,7-8H2,(H,18,21)/t12-/m1/s1. The van der Waals surface area contributed by atoms with E-state index in [2.05, 4.69) is 15.5 Å². The zero-order valence-corrected chi connectivity index (χ0v) is 13.9. The second kappa shape index (κ2) is 6.26. The van der Waals surface area contributed by atoms with Crippen LogP contribution in [0.5, 0.6) is 5.75 Å². The molecule has 24 heavy (non-hydrogen) atoms. The van der Waals surface area contributed by atoms with Crippen LogP contribution in [0.3, 0.4) is 0 Å². The molecule has 4 rings (SSSR count). The van der Waals surface area contributed by atoms with Crippen molar-refractivity contribution in [3.63, 3.8) is 0 Å². The SMILES string of the molecule is O=C(NCc1nc(-c2cccs2)no1)[C@H]1Cc2cc(Cl)ccc2O1. The first-order valence-electron chi connectivity index (χ1n) is 7.28. The minimum Gasteiger partial charge on any atom is -0.480 e. The van der Waals surface area contributed by atoms with Gasteiger partial charge in [-0.1, -0.05) is 22.8 Å². The van der Waals surface area contributed by atoms with Crippen LogP contribution in [0.4, 0.5) is 0 Å². The molecule has 8 heteroatoms. The van der Waals surface area contributed by atoms with E-state index in [-0.39, 0.29) is 12.5 Å². The molecule has 1 aliphatic heterocycles. The van der Waals surface area contributed by atoms with Gasteiger partial charge < -0.3 is 14.6 Å². The van der Waals surface area contributed by atoms with Gasteiger partial charge in [0.05, 0.1) is 11.4 Å². The molecular formula is C16H12ClN3O3S. The predicted octanol–water partition coefficient (Wildman–Crippen LogP) is 3.07. The summed E-state index contributed by atoms with van der Waals surface area (Å²) in [5, 5.41) is 9.23. The Morgan fingerprint density at radius 1 is 1.42 bits per heavy atom. The molecule has 0 unspecified atom stereocenters. The number of fused-ring (bicyclic) bond motifs is 1. The maximum absolute atomic E-state index is 12.3. The molecule has 1 N–H and O–H groups in total. The van der Waals surface area contributed by atoms with Gasteiger partial charge in [0, 0.05) is 11.4 Å². The molecule has 3 heterocycles. The summed E-state index contributed by atoms with van der Waals surface area (Å²) >= 11 is 7.48. The summed E-state index contributed by atoms with van der Waals surface area (Å²) in [6.07, 6.45) is -0.0791. The predicted molar refractivity (Wildman–Crippen MR) is 89.0 cm³/mol. The normalized spacial score (nSPS) is 15.8. The van der Waals surface area contributed by atoms with E-state index in [0.29, 0.717) is 28.9 Å². The average Bonchev–Trinajstić information content (AvgIpc) is 3.30. The molecule has 0 spiro atoms.